The topological polar surface area (TPSA) is 37.4 Å². The van der Waals surface area contributed by atoms with Crippen molar-refractivity contribution in [3.63, 3.8) is 0 Å². The lowest BCUT2D eigenvalue weighted by atomic mass is 10.1. The number of aryl methyl sites for hydroxylation is 1. The van der Waals surface area contributed by atoms with Crippen LogP contribution in [0.4, 0.5) is 0 Å². The summed E-state index contributed by atoms with van der Waals surface area (Å²) in [4.78, 5) is 25.0. The molecule has 1 fully saturated rings. The predicted molar refractivity (Wildman–Crippen MR) is 70.0 cm³/mol. The second kappa shape index (κ2) is 6.34. The zero-order chi connectivity index (χ0) is 16.4. The molecule has 0 radical (unpaired) electrons. The van der Waals surface area contributed by atoms with Crippen molar-refractivity contribution >= 4 is 11.8 Å². The number of piperidine rings is 1. The molecule has 1 aliphatic rings. The minimum absolute atomic E-state index is 0.214. The molecule has 0 spiro atoms. The van der Waals surface area contributed by atoms with E-state index in [0.717, 1.165) is 4.90 Å². The van der Waals surface area contributed by atoms with Gasteiger partial charge in [0.05, 0.1) is 0 Å². The lowest BCUT2D eigenvalue weighted by Crippen LogP contribution is -2.40. The Morgan fingerprint density at radius 2 is 2.06 bits per heavy atom. The number of carbonyl (C=O) groups excluding carboxylic acids is 2. The van der Waals surface area contributed by atoms with E-state index in [9.17, 15) is 9.59 Å². The van der Waals surface area contributed by atoms with Gasteiger partial charge in [0, 0.05) is 24.8 Å². The lowest BCUT2D eigenvalue weighted by Gasteiger charge is -2.24. The largest absolute Gasteiger partial charge is 0.283 e. The molecule has 2 amide bonds. The fraction of sp³-hybridized carbons (Fsp3) is 0.467. The number of hydrogen-bond acceptors (Lipinski definition) is 2. The van der Waals surface area contributed by atoms with Gasteiger partial charge in [-0.1, -0.05) is 30.3 Å². The van der Waals surface area contributed by atoms with Crippen LogP contribution < -0.4 is 0 Å². The molecule has 0 aromatic heterocycles. The van der Waals surface area contributed by atoms with Crippen LogP contribution in [0.15, 0.2) is 30.3 Å². The van der Waals surface area contributed by atoms with E-state index in [4.69, 9.17) is 5.48 Å². The van der Waals surface area contributed by atoms with Crippen molar-refractivity contribution in [1.29, 1.82) is 0 Å². The van der Waals surface area contributed by atoms with E-state index in [1.165, 1.54) is 0 Å². The number of nitrogens with zero attached hydrogens (tertiary/aromatic N) is 1. The fourth-order valence-electron chi connectivity index (χ4n) is 1.89. The van der Waals surface area contributed by atoms with Crippen LogP contribution in [-0.4, -0.2) is 23.3 Å². The van der Waals surface area contributed by atoms with Gasteiger partial charge < -0.3 is 0 Å². The molecule has 96 valence electrons. The first-order chi connectivity index (χ1) is 10.2. The number of benzene rings is 1. The van der Waals surface area contributed by atoms with Crippen LogP contribution in [-0.2, 0) is 16.0 Å². The second-order valence-electron chi connectivity index (χ2n) is 4.20. The summed E-state index contributed by atoms with van der Waals surface area (Å²) in [6, 6.07) is 8.20. The monoisotopic (exact) mass is 249 g/mol. The van der Waals surface area contributed by atoms with Gasteiger partial charge in [-0.3, -0.25) is 14.5 Å². The van der Waals surface area contributed by atoms with Crippen molar-refractivity contribution < 1.29 is 15.1 Å². The lowest BCUT2D eigenvalue weighted by molar-refractivity contribution is -0.146. The molecule has 0 aliphatic carbocycles. The average Bonchev–Trinajstić information content (AvgIpc) is 2.47. The Morgan fingerprint density at radius 1 is 1.28 bits per heavy atom. The Morgan fingerprint density at radius 3 is 2.78 bits per heavy atom. The molecular weight excluding hydrogens is 226 g/mol. The highest BCUT2D eigenvalue weighted by Gasteiger charge is 2.23. The van der Waals surface area contributed by atoms with Gasteiger partial charge in [-0.25, -0.2) is 0 Å². The maximum absolute atomic E-state index is 12.3. The van der Waals surface area contributed by atoms with Crippen molar-refractivity contribution in [2.45, 2.75) is 38.4 Å². The van der Waals surface area contributed by atoms with Crippen LogP contribution in [0.1, 0.15) is 43.1 Å². The number of imide groups is 1. The molecule has 0 bridgehead atoms. The summed E-state index contributed by atoms with van der Waals surface area (Å²) in [5.41, 5.74) is 0.316. The average molecular weight is 249 g/mol. The summed E-state index contributed by atoms with van der Waals surface area (Å²) >= 11 is 0. The molecule has 1 aliphatic heterocycles. The molecule has 1 heterocycles. The third-order valence-electron chi connectivity index (χ3n) is 2.87. The van der Waals surface area contributed by atoms with Gasteiger partial charge in [0.15, 0.2) is 0 Å². The fourth-order valence-corrected chi connectivity index (χ4v) is 1.89. The third-order valence-corrected chi connectivity index (χ3v) is 2.87. The highest BCUT2D eigenvalue weighted by Crippen LogP contribution is 2.13. The Kier molecular flexibility index (Phi) is 2.98. The third kappa shape index (κ3) is 3.42. The van der Waals surface area contributed by atoms with Crippen LogP contribution in [0.25, 0.3) is 0 Å². The Bertz CT molecular complexity index is 560. The molecule has 0 atom stereocenters. The van der Waals surface area contributed by atoms with Crippen LogP contribution in [0.2, 0.25) is 0 Å². The zero-order valence-corrected chi connectivity index (χ0v) is 10.2. The maximum Gasteiger partial charge on any atom is 0.229 e. The van der Waals surface area contributed by atoms with E-state index < -0.39 is 25.1 Å². The normalized spacial score (nSPS) is 20.7. The van der Waals surface area contributed by atoms with E-state index in [2.05, 4.69) is 0 Å². The van der Waals surface area contributed by atoms with Crippen molar-refractivity contribution in [3.8, 4) is 0 Å². The molecule has 3 heteroatoms. The second-order valence-corrected chi connectivity index (χ2v) is 4.20. The smallest absolute Gasteiger partial charge is 0.229 e. The van der Waals surface area contributed by atoms with Crippen LogP contribution in [0.5, 0.6) is 0 Å². The molecule has 1 saturated heterocycles. The Balaban J connectivity index is 2.16. The van der Waals surface area contributed by atoms with Gasteiger partial charge in [0.25, 0.3) is 0 Å². The SMILES string of the molecule is [2H]C([2H])(CC([2H])([2H])c1ccccc1)C(=O)N1CCCCC1=O. The summed E-state index contributed by atoms with van der Waals surface area (Å²) in [6.45, 7) is 0.214. The van der Waals surface area contributed by atoms with Crippen molar-refractivity contribution in [1.82, 2.24) is 4.90 Å². The van der Waals surface area contributed by atoms with E-state index in [0.29, 0.717) is 18.4 Å². The molecule has 0 N–H and O–H groups in total. The molecule has 1 aromatic rings. The molecule has 1 aromatic carbocycles. The number of hydrogen-bond donors (Lipinski definition) is 0. The first kappa shape index (κ1) is 8.46. The van der Waals surface area contributed by atoms with Crippen molar-refractivity contribution in [3.05, 3.63) is 35.9 Å². The highest BCUT2D eigenvalue weighted by atomic mass is 16.2. The highest BCUT2D eigenvalue weighted by molar-refractivity contribution is 5.95. The molecule has 0 unspecified atom stereocenters. The molecule has 3 nitrogen and oxygen atoms in total. The van der Waals surface area contributed by atoms with Gasteiger partial charge >= 0.3 is 0 Å². The van der Waals surface area contributed by atoms with Gasteiger partial charge in [-0.2, -0.15) is 0 Å². The molecule has 2 rings (SSSR count). The Hall–Kier alpha value is -1.64. The number of rotatable bonds is 4. The maximum atomic E-state index is 12.3. The quantitative estimate of drug-likeness (QED) is 0.822. The molecule has 0 saturated carbocycles. The predicted octanol–water partition coefficient (Wildman–Crippen LogP) is 2.55. The number of likely N-dealkylation sites (tertiary alicyclic amines) is 1. The summed E-state index contributed by atoms with van der Waals surface area (Å²) < 4.78 is 32.0. The summed E-state index contributed by atoms with van der Waals surface area (Å²) in [5.74, 6) is -1.31. The first-order valence-electron chi connectivity index (χ1n) is 8.14. The van der Waals surface area contributed by atoms with E-state index in [1.54, 1.807) is 30.3 Å². The van der Waals surface area contributed by atoms with E-state index in [1.807, 2.05) is 0 Å². The molecule has 18 heavy (non-hydrogen) atoms. The summed E-state index contributed by atoms with van der Waals surface area (Å²) in [6.07, 6.45) is -3.42. The minimum Gasteiger partial charge on any atom is -0.283 e. The van der Waals surface area contributed by atoms with Crippen molar-refractivity contribution in [2.24, 2.45) is 0 Å². The van der Waals surface area contributed by atoms with E-state index in [-0.39, 0.29) is 18.9 Å². The van der Waals surface area contributed by atoms with Crippen LogP contribution in [0.3, 0.4) is 0 Å². The van der Waals surface area contributed by atoms with Gasteiger partial charge in [-0.15, -0.1) is 0 Å². The summed E-state index contributed by atoms with van der Waals surface area (Å²) in [5, 5.41) is 0. The summed E-state index contributed by atoms with van der Waals surface area (Å²) in [7, 11) is 0. The number of carbonyl (C=O) groups is 2. The molecular formula is C15H19NO2. The first-order valence-corrected chi connectivity index (χ1v) is 6.14. The standard InChI is InChI=1S/C15H19NO2/c17-14-10-4-5-12-16(14)15(18)11-6-9-13-7-2-1-3-8-13/h1-3,7-8H,4-6,9-12H2/i9D2,11D2. The number of amides is 2. The van der Waals surface area contributed by atoms with Crippen LogP contribution in [0, 0.1) is 0 Å². The minimum atomic E-state index is -2.42. The van der Waals surface area contributed by atoms with Gasteiger partial charge in [0.2, 0.25) is 11.8 Å². The van der Waals surface area contributed by atoms with Gasteiger partial charge in [-0.05, 0) is 31.2 Å². The van der Waals surface area contributed by atoms with Crippen molar-refractivity contribution in [2.75, 3.05) is 6.54 Å². The van der Waals surface area contributed by atoms with Gasteiger partial charge in [0.1, 0.15) is 0 Å². The Labute approximate surface area is 113 Å². The van der Waals surface area contributed by atoms with Crippen LogP contribution >= 0.6 is 0 Å². The zero-order valence-electron chi connectivity index (χ0n) is 14.2. The van der Waals surface area contributed by atoms with E-state index >= 15 is 0 Å².